The highest BCUT2D eigenvalue weighted by Gasteiger charge is 2.09. The zero-order valence-corrected chi connectivity index (χ0v) is 13.0. The topological polar surface area (TPSA) is 98.7 Å². The number of nitrogens with zero attached hydrogens (tertiary/aromatic N) is 2. The van der Waals surface area contributed by atoms with Gasteiger partial charge in [-0.15, -0.1) is 11.8 Å². The standard InChI is InChI=1S/C17H14N4OS/c18-3-4-23-10-14-9-21-17-15(14)6-13(8-20-17)11-1-2-16(22)12(5-11)7-19/h1-6,8-9,22H,10,18H2,(H,20,21)/b4-3-. The number of phenols is 1. The lowest BCUT2D eigenvalue weighted by atomic mass is 10.0. The Morgan fingerprint density at radius 2 is 2.22 bits per heavy atom. The molecule has 0 spiro atoms. The number of phenolic OH excluding ortho intramolecular Hbond substituents is 1. The van der Waals surface area contributed by atoms with E-state index < -0.39 is 0 Å². The van der Waals surface area contributed by atoms with Crippen LogP contribution in [0.1, 0.15) is 11.1 Å². The minimum Gasteiger partial charge on any atom is -0.507 e. The summed E-state index contributed by atoms with van der Waals surface area (Å²) in [6, 6.07) is 8.98. The van der Waals surface area contributed by atoms with Gasteiger partial charge in [-0.2, -0.15) is 5.26 Å². The molecule has 6 heteroatoms. The molecular formula is C17H14N4OS. The first-order valence-corrected chi connectivity index (χ1v) is 7.95. The molecule has 0 fully saturated rings. The van der Waals surface area contributed by atoms with Crippen molar-refractivity contribution in [3.63, 3.8) is 0 Å². The van der Waals surface area contributed by atoms with Crippen molar-refractivity contribution < 1.29 is 5.11 Å². The molecule has 3 aromatic rings. The lowest BCUT2D eigenvalue weighted by Gasteiger charge is -2.04. The molecule has 1 aromatic carbocycles. The highest BCUT2D eigenvalue weighted by Crippen LogP contribution is 2.29. The summed E-state index contributed by atoms with van der Waals surface area (Å²) in [6.45, 7) is 0. The maximum absolute atomic E-state index is 9.62. The van der Waals surface area contributed by atoms with Crippen molar-refractivity contribution in [3.05, 3.63) is 59.4 Å². The highest BCUT2D eigenvalue weighted by atomic mass is 32.2. The van der Waals surface area contributed by atoms with Gasteiger partial charge >= 0.3 is 0 Å². The summed E-state index contributed by atoms with van der Waals surface area (Å²) in [4.78, 5) is 7.58. The van der Waals surface area contributed by atoms with Gasteiger partial charge in [-0.3, -0.25) is 0 Å². The second-order valence-electron chi connectivity index (χ2n) is 4.92. The number of nitrogens with two attached hydrogens (primary N) is 1. The van der Waals surface area contributed by atoms with Crippen LogP contribution in [0.3, 0.4) is 0 Å². The molecule has 0 atom stereocenters. The average Bonchev–Trinajstić information content (AvgIpc) is 2.98. The molecule has 114 valence electrons. The summed E-state index contributed by atoms with van der Waals surface area (Å²) >= 11 is 1.61. The van der Waals surface area contributed by atoms with Gasteiger partial charge in [-0.1, -0.05) is 6.07 Å². The van der Waals surface area contributed by atoms with Gasteiger partial charge in [0, 0.05) is 35.3 Å². The van der Waals surface area contributed by atoms with Crippen LogP contribution in [0.2, 0.25) is 0 Å². The second kappa shape index (κ2) is 6.46. The Hall–Kier alpha value is -2.91. The molecule has 23 heavy (non-hydrogen) atoms. The van der Waals surface area contributed by atoms with E-state index in [0.717, 1.165) is 33.5 Å². The molecule has 0 radical (unpaired) electrons. The van der Waals surface area contributed by atoms with Crippen LogP contribution in [0.15, 0.2) is 48.3 Å². The van der Waals surface area contributed by atoms with Crippen molar-refractivity contribution in [2.24, 2.45) is 5.73 Å². The summed E-state index contributed by atoms with van der Waals surface area (Å²) in [5.41, 5.74) is 9.30. The quantitative estimate of drug-likeness (QED) is 0.683. The fraction of sp³-hybridized carbons (Fsp3) is 0.0588. The Morgan fingerprint density at radius 3 is 3.00 bits per heavy atom. The Labute approximate surface area is 137 Å². The van der Waals surface area contributed by atoms with Crippen molar-refractivity contribution in [3.8, 4) is 22.9 Å². The van der Waals surface area contributed by atoms with Gasteiger partial charge in [0.1, 0.15) is 17.5 Å². The molecule has 0 saturated heterocycles. The number of thioether (sulfide) groups is 1. The number of fused-ring (bicyclic) bond motifs is 1. The van der Waals surface area contributed by atoms with Gasteiger partial charge in [0.05, 0.1) is 5.56 Å². The zero-order chi connectivity index (χ0) is 16.2. The number of hydrogen-bond donors (Lipinski definition) is 3. The maximum atomic E-state index is 9.62. The molecule has 5 nitrogen and oxygen atoms in total. The monoisotopic (exact) mass is 322 g/mol. The Kier molecular flexibility index (Phi) is 4.22. The third-order valence-corrected chi connectivity index (χ3v) is 4.31. The number of hydrogen-bond acceptors (Lipinski definition) is 5. The Morgan fingerprint density at radius 1 is 1.35 bits per heavy atom. The SMILES string of the molecule is N#Cc1cc(-c2cnc3[nH]cc(CS/C=C\N)c3c2)ccc1O. The van der Waals surface area contributed by atoms with Crippen LogP contribution < -0.4 is 5.73 Å². The van der Waals surface area contributed by atoms with Crippen molar-refractivity contribution in [1.82, 2.24) is 9.97 Å². The first-order chi connectivity index (χ1) is 11.2. The van der Waals surface area contributed by atoms with E-state index in [2.05, 4.69) is 9.97 Å². The molecule has 0 aliphatic carbocycles. The van der Waals surface area contributed by atoms with Crippen molar-refractivity contribution in [2.75, 3.05) is 0 Å². The van der Waals surface area contributed by atoms with Crippen molar-refractivity contribution in [1.29, 1.82) is 5.26 Å². The number of aromatic hydroxyl groups is 1. The molecule has 0 amide bonds. The molecule has 0 aliphatic rings. The Balaban J connectivity index is 2.02. The smallest absolute Gasteiger partial charge is 0.137 e. The van der Waals surface area contributed by atoms with E-state index in [4.69, 9.17) is 11.0 Å². The molecule has 4 N–H and O–H groups in total. The van der Waals surface area contributed by atoms with Crippen molar-refractivity contribution >= 4 is 22.8 Å². The summed E-state index contributed by atoms with van der Waals surface area (Å²) in [5.74, 6) is 0.773. The molecule has 0 bridgehead atoms. The lowest BCUT2D eigenvalue weighted by molar-refractivity contribution is 0.473. The number of aromatic nitrogens is 2. The summed E-state index contributed by atoms with van der Waals surface area (Å²) in [5, 5.41) is 21.5. The minimum absolute atomic E-state index is 0.0161. The predicted octanol–water partition coefficient (Wildman–Crippen LogP) is 3.47. The van der Waals surface area contributed by atoms with Crippen LogP contribution in [0.5, 0.6) is 5.75 Å². The van der Waals surface area contributed by atoms with Crippen molar-refractivity contribution in [2.45, 2.75) is 5.75 Å². The van der Waals surface area contributed by atoms with Gasteiger partial charge in [0.2, 0.25) is 0 Å². The second-order valence-corrected chi connectivity index (χ2v) is 5.81. The largest absolute Gasteiger partial charge is 0.507 e. The molecule has 0 unspecified atom stereocenters. The first-order valence-electron chi connectivity index (χ1n) is 6.91. The lowest BCUT2D eigenvalue weighted by Crippen LogP contribution is -1.85. The molecular weight excluding hydrogens is 308 g/mol. The molecule has 2 aromatic heterocycles. The Bertz CT molecular complexity index is 924. The van der Waals surface area contributed by atoms with Crippen LogP contribution >= 0.6 is 11.8 Å². The number of benzene rings is 1. The summed E-state index contributed by atoms with van der Waals surface area (Å²) < 4.78 is 0. The van der Waals surface area contributed by atoms with E-state index in [9.17, 15) is 5.11 Å². The third kappa shape index (κ3) is 3.00. The van der Waals surface area contributed by atoms with E-state index >= 15 is 0 Å². The van der Waals surface area contributed by atoms with E-state index in [1.54, 1.807) is 30.1 Å². The van der Waals surface area contributed by atoms with Gasteiger partial charge in [-0.05, 0) is 34.7 Å². The normalized spacial score (nSPS) is 11.1. The zero-order valence-electron chi connectivity index (χ0n) is 12.2. The van der Waals surface area contributed by atoms with Gasteiger partial charge in [-0.25, -0.2) is 4.98 Å². The maximum Gasteiger partial charge on any atom is 0.137 e. The van der Waals surface area contributed by atoms with E-state index in [1.165, 1.54) is 12.3 Å². The fourth-order valence-electron chi connectivity index (χ4n) is 2.33. The van der Waals surface area contributed by atoms with Crippen LogP contribution in [0, 0.1) is 11.3 Å². The summed E-state index contributed by atoms with van der Waals surface area (Å²) in [6.07, 6.45) is 5.21. The van der Waals surface area contributed by atoms with E-state index in [1.807, 2.05) is 23.7 Å². The number of nitriles is 1. The van der Waals surface area contributed by atoms with Gasteiger partial charge in [0.25, 0.3) is 0 Å². The van der Waals surface area contributed by atoms with Crippen LogP contribution in [0.4, 0.5) is 0 Å². The number of pyridine rings is 1. The molecule has 0 aliphatic heterocycles. The summed E-state index contributed by atoms with van der Waals surface area (Å²) in [7, 11) is 0. The molecule has 3 rings (SSSR count). The fourth-order valence-corrected chi connectivity index (χ4v) is 2.96. The van der Waals surface area contributed by atoms with Crippen LogP contribution in [-0.2, 0) is 5.75 Å². The first kappa shape index (κ1) is 15.0. The van der Waals surface area contributed by atoms with Crippen LogP contribution in [-0.4, -0.2) is 15.1 Å². The number of aromatic amines is 1. The molecule has 2 heterocycles. The number of rotatable bonds is 4. The predicted molar refractivity (Wildman–Crippen MR) is 92.5 cm³/mol. The highest BCUT2D eigenvalue weighted by molar-refractivity contribution is 8.01. The molecule has 0 saturated carbocycles. The van der Waals surface area contributed by atoms with E-state index in [-0.39, 0.29) is 11.3 Å². The number of H-pyrrole nitrogens is 1. The van der Waals surface area contributed by atoms with E-state index in [0.29, 0.717) is 0 Å². The van der Waals surface area contributed by atoms with Gasteiger partial charge in [0.15, 0.2) is 0 Å². The average molecular weight is 322 g/mol. The minimum atomic E-state index is -0.0161. The van der Waals surface area contributed by atoms with Gasteiger partial charge < -0.3 is 15.8 Å². The van der Waals surface area contributed by atoms with Crippen LogP contribution in [0.25, 0.3) is 22.2 Å². The third-order valence-electron chi connectivity index (χ3n) is 3.48. The number of nitrogens with one attached hydrogen (secondary N) is 1.